The number of nitrogen functional groups attached to an aromatic ring is 1. The van der Waals surface area contributed by atoms with Gasteiger partial charge in [0, 0.05) is 17.6 Å². The zero-order valence-corrected chi connectivity index (χ0v) is 10.1. The zero-order valence-electron chi connectivity index (χ0n) is 8.44. The molecule has 0 saturated carbocycles. The van der Waals surface area contributed by atoms with Crippen LogP contribution in [-0.4, -0.2) is 12.1 Å². The highest BCUT2D eigenvalue weighted by Gasteiger charge is 2.10. The smallest absolute Gasteiger partial charge is 0.154 e. The second-order valence-corrected chi connectivity index (χ2v) is 5.11. The molecule has 16 heavy (non-hydrogen) atoms. The van der Waals surface area contributed by atoms with Crippen molar-refractivity contribution in [2.75, 3.05) is 12.8 Å². The van der Waals surface area contributed by atoms with Gasteiger partial charge in [-0.05, 0) is 6.07 Å². The van der Waals surface area contributed by atoms with Crippen LogP contribution in [0.3, 0.4) is 0 Å². The van der Waals surface area contributed by atoms with Crippen molar-refractivity contribution in [2.24, 2.45) is 0 Å². The lowest BCUT2D eigenvalue weighted by atomic mass is 10.3. The van der Waals surface area contributed by atoms with Gasteiger partial charge in [0.05, 0.1) is 17.7 Å². The summed E-state index contributed by atoms with van der Waals surface area (Å²) in [7, 11) is 1.50. The number of hydrogen-bond acceptors (Lipinski definition) is 5. The minimum Gasteiger partial charge on any atom is -0.495 e. The van der Waals surface area contributed by atoms with Gasteiger partial charge < -0.3 is 10.5 Å². The molecule has 0 aliphatic heterocycles. The predicted molar refractivity (Wildman–Crippen MR) is 63.6 cm³/mol. The molecule has 6 heteroatoms. The van der Waals surface area contributed by atoms with Crippen LogP contribution < -0.4 is 10.5 Å². The molecule has 0 atom stereocenters. The van der Waals surface area contributed by atoms with E-state index in [0.717, 1.165) is 4.34 Å². The van der Waals surface area contributed by atoms with Gasteiger partial charge in [-0.1, -0.05) is 11.8 Å². The SMILES string of the molecule is COc1cc(Sc2nccs2)c(F)cc1N. The highest BCUT2D eigenvalue weighted by atomic mass is 32.2. The first-order valence-corrected chi connectivity index (χ1v) is 6.10. The standard InChI is InChI=1S/C10H9FN2OS2/c1-14-8-5-9(6(11)4-7(8)12)16-10-13-2-3-15-10/h2-5H,12H2,1H3. The Labute approximate surface area is 100 Å². The van der Waals surface area contributed by atoms with E-state index < -0.39 is 0 Å². The number of methoxy groups -OCH3 is 1. The molecule has 1 aromatic carbocycles. The first-order chi connectivity index (χ1) is 7.70. The monoisotopic (exact) mass is 256 g/mol. The summed E-state index contributed by atoms with van der Waals surface area (Å²) in [6, 6.07) is 2.84. The Kier molecular flexibility index (Phi) is 3.31. The first-order valence-electron chi connectivity index (χ1n) is 4.41. The Hall–Kier alpha value is -1.27. The van der Waals surface area contributed by atoms with Crippen LogP contribution in [0.15, 0.2) is 32.9 Å². The first kappa shape index (κ1) is 11.2. The fraction of sp³-hybridized carbons (Fsp3) is 0.100. The van der Waals surface area contributed by atoms with E-state index in [1.165, 1.54) is 36.3 Å². The Morgan fingerprint density at radius 3 is 2.94 bits per heavy atom. The lowest BCUT2D eigenvalue weighted by molar-refractivity contribution is 0.414. The molecule has 0 radical (unpaired) electrons. The van der Waals surface area contributed by atoms with Crippen LogP contribution in [0.25, 0.3) is 0 Å². The number of nitrogens with zero attached hydrogens (tertiary/aromatic N) is 1. The molecule has 0 spiro atoms. The topological polar surface area (TPSA) is 48.1 Å². The van der Waals surface area contributed by atoms with E-state index in [0.29, 0.717) is 16.3 Å². The van der Waals surface area contributed by atoms with Crippen LogP contribution >= 0.6 is 23.1 Å². The Morgan fingerprint density at radius 2 is 2.31 bits per heavy atom. The van der Waals surface area contributed by atoms with E-state index in [1.54, 1.807) is 12.3 Å². The molecule has 2 aromatic rings. The number of anilines is 1. The third-order valence-corrected chi connectivity index (χ3v) is 3.81. The Morgan fingerprint density at radius 1 is 1.50 bits per heavy atom. The summed E-state index contributed by atoms with van der Waals surface area (Å²) in [5.74, 6) is 0.110. The van der Waals surface area contributed by atoms with Crippen molar-refractivity contribution in [1.82, 2.24) is 4.98 Å². The van der Waals surface area contributed by atoms with Gasteiger partial charge in [-0.2, -0.15) is 0 Å². The number of halogens is 1. The molecule has 0 unspecified atom stereocenters. The average molecular weight is 256 g/mol. The summed E-state index contributed by atoms with van der Waals surface area (Å²) in [5, 5.41) is 1.84. The number of rotatable bonds is 3. The van der Waals surface area contributed by atoms with E-state index in [4.69, 9.17) is 10.5 Å². The number of ether oxygens (including phenoxy) is 1. The van der Waals surface area contributed by atoms with Crippen LogP contribution in [0.5, 0.6) is 5.75 Å². The third kappa shape index (κ3) is 2.28. The second-order valence-electron chi connectivity index (χ2n) is 2.92. The van der Waals surface area contributed by atoms with Crippen molar-refractivity contribution in [3.05, 3.63) is 29.5 Å². The van der Waals surface area contributed by atoms with Gasteiger partial charge in [0.25, 0.3) is 0 Å². The van der Waals surface area contributed by atoms with Crippen molar-refractivity contribution >= 4 is 28.8 Å². The van der Waals surface area contributed by atoms with Gasteiger partial charge >= 0.3 is 0 Å². The number of benzene rings is 1. The van der Waals surface area contributed by atoms with E-state index in [1.807, 2.05) is 5.38 Å². The lowest BCUT2D eigenvalue weighted by Gasteiger charge is -2.07. The maximum Gasteiger partial charge on any atom is 0.154 e. The molecule has 0 aliphatic rings. The van der Waals surface area contributed by atoms with E-state index in [-0.39, 0.29) is 5.82 Å². The molecule has 2 N–H and O–H groups in total. The molecule has 0 bridgehead atoms. The molecule has 1 aromatic heterocycles. The summed E-state index contributed by atoms with van der Waals surface area (Å²) >= 11 is 2.71. The highest BCUT2D eigenvalue weighted by Crippen LogP contribution is 2.35. The predicted octanol–water partition coefficient (Wildman–Crippen LogP) is 3.02. The highest BCUT2D eigenvalue weighted by molar-refractivity contribution is 8.01. The van der Waals surface area contributed by atoms with Crippen molar-refractivity contribution in [1.29, 1.82) is 0 Å². The van der Waals surface area contributed by atoms with E-state index in [9.17, 15) is 4.39 Å². The van der Waals surface area contributed by atoms with Gasteiger partial charge in [0.2, 0.25) is 0 Å². The quantitative estimate of drug-likeness (QED) is 0.857. The van der Waals surface area contributed by atoms with Crippen LogP contribution in [-0.2, 0) is 0 Å². The largest absolute Gasteiger partial charge is 0.495 e. The van der Waals surface area contributed by atoms with Gasteiger partial charge in [-0.15, -0.1) is 11.3 Å². The molecule has 0 fully saturated rings. The normalized spacial score (nSPS) is 10.4. The minimum atomic E-state index is -0.362. The summed E-state index contributed by atoms with van der Waals surface area (Å²) < 4.78 is 19.4. The summed E-state index contributed by atoms with van der Waals surface area (Å²) in [6.07, 6.45) is 1.68. The molecule has 0 aliphatic carbocycles. The number of thiazole rings is 1. The van der Waals surface area contributed by atoms with Crippen molar-refractivity contribution in [3.63, 3.8) is 0 Å². The number of aromatic nitrogens is 1. The van der Waals surface area contributed by atoms with Crippen LogP contribution in [0.2, 0.25) is 0 Å². The zero-order chi connectivity index (χ0) is 11.5. The van der Waals surface area contributed by atoms with Gasteiger partial charge in [-0.3, -0.25) is 0 Å². The van der Waals surface area contributed by atoms with Crippen molar-refractivity contribution in [2.45, 2.75) is 9.24 Å². The maximum absolute atomic E-state index is 13.6. The summed E-state index contributed by atoms with van der Waals surface area (Å²) in [5.41, 5.74) is 5.88. The van der Waals surface area contributed by atoms with E-state index in [2.05, 4.69) is 4.98 Å². The second kappa shape index (κ2) is 4.71. The average Bonchev–Trinajstić information content (AvgIpc) is 2.75. The van der Waals surface area contributed by atoms with Crippen molar-refractivity contribution in [3.8, 4) is 5.75 Å². The minimum absolute atomic E-state index is 0.295. The van der Waals surface area contributed by atoms with Crippen LogP contribution in [0.1, 0.15) is 0 Å². The fourth-order valence-corrected chi connectivity index (χ4v) is 2.77. The van der Waals surface area contributed by atoms with Gasteiger partial charge in [0.1, 0.15) is 11.6 Å². The molecule has 1 heterocycles. The number of nitrogens with two attached hydrogens (primary N) is 1. The van der Waals surface area contributed by atoms with Crippen LogP contribution in [0.4, 0.5) is 10.1 Å². The van der Waals surface area contributed by atoms with E-state index >= 15 is 0 Å². The molecule has 0 amide bonds. The molecule has 0 saturated heterocycles. The van der Waals surface area contributed by atoms with Crippen molar-refractivity contribution < 1.29 is 9.13 Å². The van der Waals surface area contributed by atoms with Crippen LogP contribution in [0, 0.1) is 5.82 Å². The number of hydrogen-bond donors (Lipinski definition) is 1. The molecule has 84 valence electrons. The lowest BCUT2D eigenvalue weighted by Crippen LogP contribution is -1.94. The van der Waals surface area contributed by atoms with Gasteiger partial charge in [0.15, 0.2) is 4.34 Å². The maximum atomic E-state index is 13.6. The molecule has 2 rings (SSSR count). The molecule has 3 nitrogen and oxygen atoms in total. The fourth-order valence-electron chi connectivity index (χ4n) is 1.16. The van der Waals surface area contributed by atoms with Gasteiger partial charge in [-0.25, -0.2) is 9.37 Å². The molecular weight excluding hydrogens is 247 g/mol. The Bertz CT molecular complexity index is 488. The summed E-state index contributed by atoms with van der Waals surface area (Å²) in [6.45, 7) is 0. The molecular formula is C10H9FN2OS2. The third-order valence-electron chi connectivity index (χ3n) is 1.89. The summed E-state index contributed by atoms with van der Waals surface area (Å²) in [4.78, 5) is 4.53. The Balaban J connectivity index is 2.33.